The molecule has 2 heteroatoms. The predicted octanol–water partition coefficient (Wildman–Crippen LogP) is 6.09. The maximum atomic E-state index is 6.19. The summed E-state index contributed by atoms with van der Waals surface area (Å²) in [5.74, 6) is 6.18. The smallest absolute Gasteiger partial charge is 0.0576 e. The van der Waals surface area contributed by atoms with Gasteiger partial charge in [-0.1, -0.05) is 50.7 Å². The lowest BCUT2D eigenvalue weighted by Gasteiger charge is -2.52. The molecular weight excluding hydrogens is 316 g/mol. The summed E-state index contributed by atoms with van der Waals surface area (Å²) in [5, 5.41) is 3.82. The lowest BCUT2D eigenvalue weighted by molar-refractivity contribution is -0.00750. The Balaban J connectivity index is 1.29. The van der Waals surface area contributed by atoms with Crippen LogP contribution in [0.15, 0.2) is 24.3 Å². The molecule has 0 spiro atoms. The highest BCUT2D eigenvalue weighted by Crippen LogP contribution is 2.54. The number of rotatable bonds is 3. The van der Waals surface area contributed by atoms with Crippen LogP contribution in [0.1, 0.15) is 70.6 Å². The zero-order chi connectivity index (χ0) is 17.5. The van der Waals surface area contributed by atoms with E-state index in [-0.39, 0.29) is 0 Å². The third-order valence-corrected chi connectivity index (χ3v) is 8.44. The van der Waals surface area contributed by atoms with Gasteiger partial charge in [0.25, 0.3) is 0 Å². The van der Waals surface area contributed by atoms with Gasteiger partial charge in [0.1, 0.15) is 0 Å². The molecule has 7 atom stereocenters. The zero-order valence-electron chi connectivity index (χ0n) is 16.2. The standard InChI is InChI=1S/C24H36N2/c25-22-9-1-2-10-23(22)26-21-14-18-7-4-8-19(15-21)24(18)20-12-16-5-3-6-17(11-16)13-20/h1-2,9-10,16-21,24,26H,3-8,11-15,25H2/t16-,17+,18-,19+,20?,21?,24?. The summed E-state index contributed by atoms with van der Waals surface area (Å²) in [4.78, 5) is 0. The predicted molar refractivity (Wildman–Crippen MR) is 110 cm³/mol. The van der Waals surface area contributed by atoms with Crippen molar-refractivity contribution < 1.29 is 0 Å². The average molecular weight is 353 g/mol. The number of nitrogens with two attached hydrogens (primary N) is 1. The first kappa shape index (κ1) is 17.0. The van der Waals surface area contributed by atoms with Gasteiger partial charge in [0, 0.05) is 6.04 Å². The normalized spacial score (nSPS) is 42.2. The third-order valence-electron chi connectivity index (χ3n) is 8.44. The highest BCUT2D eigenvalue weighted by atomic mass is 14.9. The Morgan fingerprint density at radius 2 is 1.38 bits per heavy atom. The Kier molecular flexibility index (Phi) is 4.63. The molecule has 5 rings (SSSR count). The first-order chi connectivity index (χ1) is 12.8. The number of hydrogen-bond acceptors (Lipinski definition) is 2. The second-order valence-electron chi connectivity index (χ2n) is 10.1. The number of nitrogen functional groups attached to an aromatic ring is 1. The summed E-state index contributed by atoms with van der Waals surface area (Å²) in [6, 6.07) is 8.95. The Labute approximate surface area is 159 Å². The van der Waals surface area contributed by atoms with Crippen LogP contribution in [0.2, 0.25) is 0 Å². The number of nitrogens with one attached hydrogen (secondary N) is 1. The summed E-state index contributed by atoms with van der Waals surface area (Å²) in [6.07, 6.45) is 16.5. The zero-order valence-corrected chi connectivity index (χ0v) is 16.2. The molecule has 4 saturated carbocycles. The Bertz CT molecular complexity index is 600. The molecule has 1 aromatic carbocycles. The fourth-order valence-electron chi connectivity index (χ4n) is 7.62. The van der Waals surface area contributed by atoms with Crippen molar-refractivity contribution in [3.63, 3.8) is 0 Å². The van der Waals surface area contributed by atoms with Gasteiger partial charge >= 0.3 is 0 Å². The second-order valence-corrected chi connectivity index (χ2v) is 10.1. The van der Waals surface area contributed by atoms with Crippen molar-refractivity contribution in [1.82, 2.24) is 0 Å². The van der Waals surface area contributed by atoms with Crippen molar-refractivity contribution >= 4 is 11.4 Å². The van der Waals surface area contributed by atoms with Crippen LogP contribution < -0.4 is 11.1 Å². The SMILES string of the molecule is Nc1ccccc1NC1C[C@H]2CCC[C@@H](C1)C2C1C[C@H]2CCC[C@@H](C1)C2. The number of hydrogen-bond donors (Lipinski definition) is 2. The summed E-state index contributed by atoms with van der Waals surface area (Å²) in [7, 11) is 0. The molecule has 0 amide bonds. The molecular formula is C24H36N2. The van der Waals surface area contributed by atoms with Crippen molar-refractivity contribution in [2.75, 3.05) is 11.1 Å². The number of fused-ring (bicyclic) bond motifs is 4. The van der Waals surface area contributed by atoms with Crippen LogP contribution in [-0.4, -0.2) is 6.04 Å². The van der Waals surface area contributed by atoms with Gasteiger partial charge in [0.15, 0.2) is 0 Å². The maximum Gasteiger partial charge on any atom is 0.0576 e. The fourth-order valence-corrected chi connectivity index (χ4v) is 7.62. The summed E-state index contributed by atoms with van der Waals surface area (Å²) in [6.45, 7) is 0. The minimum Gasteiger partial charge on any atom is -0.397 e. The van der Waals surface area contributed by atoms with E-state index >= 15 is 0 Å². The number of anilines is 2. The lowest BCUT2D eigenvalue weighted by atomic mass is 9.54. The topological polar surface area (TPSA) is 38.0 Å². The third kappa shape index (κ3) is 3.25. The van der Waals surface area contributed by atoms with E-state index in [9.17, 15) is 0 Å². The van der Waals surface area contributed by atoms with Crippen LogP contribution in [0.5, 0.6) is 0 Å². The molecule has 0 radical (unpaired) electrons. The van der Waals surface area contributed by atoms with E-state index < -0.39 is 0 Å². The summed E-state index contributed by atoms with van der Waals surface area (Å²) in [5.41, 5.74) is 8.24. The summed E-state index contributed by atoms with van der Waals surface area (Å²) >= 11 is 0. The first-order valence-corrected chi connectivity index (χ1v) is 11.4. The van der Waals surface area contributed by atoms with Crippen LogP contribution >= 0.6 is 0 Å². The first-order valence-electron chi connectivity index (χ1n) is 11.4. The number of para-hydroxylation sites is 2. The number of benzene rings is 1. The van der Waals surface area contributed by atoms with Crippen LogP contribution in [0.4, 0.5) is 11.4 Å². The van der Waals surface area contributed by atoms with Crippen LogP contribution in [0.3, 0.4) is 0 Å². The monoisotopic (exact) mass is 352 g/mol. The minimum atomic E-state index is 0.634. The fraction of sp³-hybridized carbons (Fsp3) is 0.750. The van der Waals surface area contributed by atoms with Gasteiger partial charge in [0.2, 0.25) is 0 Å². The molecule has 4 aliphatic carbocycles. The highest BCUT2D eigenvalue weighted by Gasteiger charge is 2.46. The Hall–Kier alpha value is -1.18. The van der Waals surface area contributed by atoms with Crippen molar-refractivity contribution in [3.8, 4) is 0 Å². The van der Waals surface area contributed by atoms with Crippen LogP contribution in [0.25, 0.3) is 0 Å². The van der Waals surface area contributed by atoms with Gasteiger partial charge in [-0.2, -0.15) is 0 Å². The molecule has 2 nitrogen and oxygen atoms in total. The van der Waals surface area contributed by atoms with E-state index in [0.29, 0.717) is 6.04 Å². The van der Waals surface area contributed by atoms with E-state index in [1.165, 1.54) is 51.4 Å². The van der Waals surface area contributed by atoms with Gasteiger partial charge in [-0.05, 0) is 79.7 Å². The maximum absolute atomic E-state index is 6.19. The van der Waals surface area contributed by atoms with E-state index in [0.717, 1.165) is 46.9 Å². The van der Waals surface area contributed by atoms with Gasteiger partial charge in [0.05, 0.1) is 11.4 Å². The largest absolute Gasteiger partial charge is 0.397 e. The molecule has 0 heterocycles. The van der Waals surface area contributed by atoms with Gasteiger partial charge in [-0.15, -0.1) is 0 Å². The van der Waals surface area contributed by atoms with E-state index in [1.54, 1.807) is 19.3 Å². The lowest BCUT2D eigenvalue weighted by Crippen LogP contribution is -2.46. The molecule has 3 N–H and O–H groups in total. The van der Waals surface area contributed by atoms with Gasteiger partial charge < -0.3 is 11.1 Å². The van der Waals surface area contributed by atoms with Crippen molar-refractivity contribution in [2.24, 2.45) is 35.5 Å². The van der Waals surface area contributed by atoms with Crippen molar-refractivity contribution in [3.05, 3.63) is 24.3 Å². The molecule has 4 fully saturated rings. The molecule has 4 bridgehead atoms. The molecule has 0 aromatic heterocycles. The average Bonchev–Trinajstić information content (AvgIpc) is 2.62. The molecule has 0 saturated heterocycles. The van der Waals surface area contributed by atoms with Crippen molar-refractivity contribution in [1.29, 1.82) is 0 Å². The minimum absolute atomic E-state index is 0.634. The van der Waals surface area contributed by atoms with Crippen molar-refractivity contribution in [2.45, 2.75) is 76.7 Å². The van der Waals surface area contributed by atoms with E-state index in [1.807, 2.05) is 12.1 Å². The van der Waals surface area contributed by atoms with Crippen LogP contribution in [-0.2, 0) is 0 Å². The van der Waals surface area contributed by atoms with Gasteiger partial charge in [-0.25, -0.2) is 0 Å². The van der Waals surface area contributed by atoms with Gasteiger partial charge in [-0.3, -0.25) is 0 Å². The molecule has 1 aromatic rings. The molecule has 3 unspecified atom stereocenters. The molecule has 0 aliphatic heterocycles. The summed E-state index contributed by atoms with van der Waals surface area (Å²) < 4.78 is 0. The molecule has 26 heavy (non-hydrogen) atoms. The highest BCUT2D eigenvalue weighted by molar-refractivity contribution is 5.66. The van der Waals surface area contributed by atoms with E-state index in [2.05, 4.69) is 17.4 Å². The van der Waals surface area contributed by atoms with Crippen LogP contribution in [0, 0.1) is 35.5 Å². The second kappa shape index (κ2) is 7.09. The Morgan fingerprint density at radius 1 is 0.731 bits per heavy atom. The molecule has 142 valence electrons. The molecule has 4 aliphatic rings. The Morgan fingerprint density at radius 3 is 2.08 bits per heavy atom. The quantitative estimate of drug-likeness (QED) is 0.646. The van der Waals surface area contributed by atoms with E-state index in [4.69, 9.17) is 5.73 Å².